The third kappa shape index (κ3) is 4.46. The molecule has 0 aliphatic carbocycles. The monoisotopic (exact) mass is 213 g/mol. The Morgan fingerprint density at radius 2 is 2.40 bits per heavy atom. The van der Waals surface area contributed by atoms with Crippen LogP contribution in [-0.2, 0) is 4.74 Å². The van der Waals surface area contributed by atoms with Crippen LogP contribution < -0.4 is 5.32 Å². The van der Waals surface area contributed by atoms with E-state index in [2.05, 4.69) is 12.2 Å². The average molecular weight is 213 g/mol. The van der Waals surface area contributed by atoms with E-state index in [-0.39, 0.29) is 12.6 Å². The van der Waals surface area contributed by atoms with Crippen molar-refractivity contribution in [1.29, 1.82) is 0 Å². The molecule has 0 radical (unpaired) electrons. The molecule has 4 heteroatoms. The minimum absolute atomic E-state index is 0.0788. The van der Waals surface area contributed by atoms with Crippen LogP contribution in [0.1, 0.15) is 25.1 Å². The first-order valence-corrected chi connectivity index (χ1v) is 5.34. The molecule has 4 nitrogen and oxygen atoms in total. The molecule has 1 heterocycles. The van der Waals surface area contributed by atoms with E-state index in [4.69, 9.17) is 14.3 Å². The van der Waals surface area contributed by atoms with Crippen LogP contribution in [0.15, 0.2) is 22.8 Å². The molecule has 0 saturated carbocycles. The van der Waals surface area contributed by atoms with E-state index in [1.165, 1.54) is 0 Å². The summed E-state index contributed by atoms with van der Waals surface area (Å²) in [5, 5.41) is 11.8. The van der Waals surface area contributed by atoms with E-state index in [1.807, 2.05) is 12.1 Å². The molecule has 1 rings (SSSR count). The number of hydrogen-bond donors (Lipinski definition) is 2. The number of furan rings is 1. The van der Waals surface area contributed by atoms with Crippen LogP contribution in [-0.4, -0.2) is 31.5 Å². The molecular formula is C11H19NO3. The molecule has 0 saturated heterocycles. The first kappa shape index (κ1) is 12.2. The second-order valence-electron chi connectivity index (χ2n) is 3.27. The molecule has 86 valence electrons. The van der Waals surface area contributed by atoms with E-state index < -0.39 is 0 Å². The molecule has 1 unspecified atom stereocenters. The Morgan fingerprint density at radius 1 is 1.53 bits per heavy atom. The summed E-state index contributed by atoms with van der Waals surface area (Å²) in [7, 11) is 0. The Balaban J connectivity index is 2.18. The molecule has 1 atom stereocenters. The lowest BCUT2D eigenvalue weighted by Gasteiger charge is -2.14. The van der Waals surface area contributed by atoms with Crippen molar-refractivity contribution in [3.05, 3.63) is 24.2 Å². The second kappa shape index (κ2) is 7.45. The summed E-state index contributed by atoms with van der Waals surface area (Å²) in [6.45, 7) is 3.96. The molecule has 0 amide bonds. The van der Waals surface area contributed by atoms with E-state index in [1.54, 1.807) is 6.26 Å². The number of aliphatic hydroxyl groups excluding tert-OH is 1. The van der Waals surface area contributed by atoms with Crippen LogP contribution in [0.25, 0.3) is 0 Å². The van der Waals surface area contributed by atoms with Gasteiger partial charge in [0.2, 0.25) is 0 Å². The first-order chi connectivity index (χ1) is 7.38. The van der Waals surface area contributed by atoms with Gasteiger partial charge in [0.1, 0.15) is 5.76 Å². The minimum atomic E-state index is 0.0788. The van der Waals surface area contributed by atoms with E-state index >= 15 is 0 Å². The Hall–Kier alpha value is -0.840. The number of nitrogens with one attached hydrogen (secondary N) is 1. The van der Waals surface area contributed by atoms with Crippen molar-refractivity contribution in [2.75, 3.05) is 26.4 Å². The molecule has 0 bridgehead atoms. The number of aliphatic hydroxyl groups is 1. The SMILES string of the molecule is CCC(NCCOCCO)c1ccco1. The molecule has 0 aliphatic rings. The van der Waals surface area contributed by atoms with Crippen LogP contribution in [0, 0.1) is 0 Å². The van der Waals surface area contributed by atoms with Gasteiger partial charge in [-0.15, -0.1) is 0 Å². The summed E-state index contributed by atoms with van der Waals surface area (Å²) in [6.07, 6.45) is 2.66. The highest BCUT2D eigenvalue weighted by Gasteiger charge is 2.10. The van der Waals surface area contributed by atoms with Crippen molar-refractivity contribution in [2.45, 2.75) is 19.4 Å². The third-order valence-corrected chi connectivity index (χ3v) is 2.17. The van der Waals surface area contributed by atoms with Gasteiger partial charge in [-0.05, 0) is 18.6 Å². The van der Waals surface area contributed by atoms with Crippen molar-refractivity contribution in [3.63, 3.8) is 0 Å². The molecule has 2 N–H and O–H groups in total. The van der Waals surface area contributed by atoms with Gasteiger partial charge in [0.05, 0.1) is 32.1 Å². The molecule has 15 heavy (non-hydrogen) atoms. The van der Waals surface area contributed by atoms with Gasteiger partial charge in [-0.2, -0.15) is 0 Å². The van der Waals surface area contributed by atoms with E-state index in [0.29, 0.717) is 13.2 Å². The van der Waals surface area contributed by atoms with E-state index in [9.17, 15) is 0 Å². The zero-order valence-electron chi connectivity index (χ0n) is 9.11. The highest BCUT2D eigenvalue weighted by atomic mass is 16.5. The van der Waals surface area contributed by atoms with Gasteiger partial charge < -0.3 is 19.6 Å². The van der Waals surface area contributed by atoms with Crippen molar-refractivity contribution in [1.82, 2.24) is 5.32 Å². The lowest BCUT2D eigenvalue weighted by Crippen LogP contribution is -2.25. The van der Waals surface area contributed by atoms with Crippen molar-refractivity contribution in [2.24, 2.45) is 0 Å². The molecule has 0 fully saturated rings. The quantitative estimate of drug-likeness (QED) is 0.640. The van der Waals surface area contributed by atoms with E-state index in [0.717, 1.165) is 18.7 Å². The van der Waals surface area contributed by atoms with Crippen LogP contribution in [0.5, 0.6) is 0 Å². The second-order valence-corrected chi connectivity index (χ2v) is 3.27. The zero-order valence-corrected chi connectivity index (χ0v) is 9.11. The highest BCUT2D eigenvalue weighted by molar-refractivity contribution is 5.03. The van der Waals surface area contributed by atoms with Gasteiger partial charge in [-0.3, -0.25) is 0 Å². The van der Waals surface area contributed by atoms with Crippen molar-refractivity contribution < 1.29 is 14.3 Å². The fourth-order valence-corrected chi connectivity index (χ4v) is 1.41. The lowest BCUT2D eigenvalue weighted by molar-refractivity contribution is 0.0921. The maximum Gasteiger partial charge on any atom is 0.120 e. The van der Waals surface area contributed by atoms with Crippen molar-refractivity contribution in [3.8, 4) is 0 Å². The minimum Gasteiger partial charge on any atom is -0.468 e. The van der Waals surface area contributed by atoms with Gasteiger partial charge >= 0.3 is 0 Å². The summed E-state index contributed by atoms with van der Waals surface area (Å²) in [5.41, 5.74) is 0. The first-order valence-electron chi connectivity index (χ1n) is 5.34. The molecule has 0 aromatic carbocycles. The Bertz CT molecular complexity index is 236. The van der Waals surface area contributed by atoms with Crippen LogP contribution >= 0.6 is 0 Å². The van der Waals surface area contributed by atoms with Crippen molar-refractivity contribution >= 4 is 0 Å². The smallest absolute Gasteiger partial charge is 0.120 e. The fourth-order valence-electron chi connectivity index (χ4n) is 1.41. The maximum absolute atomic E-state index is 8.51. The lowest BCUT2D eigenvalue weighted by atomic mass is 10.2. The normalized spacial score (nSPS) is 12.9. The summed E-state index contributed by atoms with van der Waals surface area (Å²) in [4.78, 5) is 0. The molecule has 0 aliphatic heterocycles. The fraction of sp³-hybridized carbons (Fsp3) is 0.636. The largest absolute Gasteiger partial charge is 0.468 e. The maximum atomic E-state index is 8.51. The number of rotatable bonds is 8. The summed E-state index contributed by atoms with van der Waals surface area (Å²) < 4.78 is 10.5. The number of hydrogen-bond acceptors (Lipinski definition) is 4. The van der Waals surface area contributed by atoms with Crippen LogP contribution in [0.3, 0.4) is 0 Å². The zero-order chi connectivity index (χ0) is 10.9. The Labute approximate surface area is 90.2 Å². The van der Waals surface area contributed by atoms with Gasteiger partial charge in [-0.1, -0.05) is 6.92 Å². The average Bonchev–Trinajstić information content (AvgIpc) is 2.77. The molecule has 1 aromatic rings. The van der Waals surface area contributed by atoms with Crippen LogP contribution in [0.4, 0.5) is 0 Å². The molecular weight excluding hydrogens is 194 g/mol. The van der Waals surface area contributed by atoms with Gasteiger partial charge in [-0.25, -0.2) is 0 Å². The number of ether oxygens (including phenoxy) is 1. The predicted octanol–water partition coefficient (Wildman–Crippen LogP) is 1.33. The third-order valence-electron chi connectivity index (χ3n) is 2.17. The van der Waals surface area contributed by atoms with Gasteiger partial charge in [0.25, 0.3) is 0 Å². The summed E-state index contributed by atoms with van der Waals surface area (Å²) in [6, 6.07) is 4.11. The summed E-state index contributed by atoms with van der Waals surface area (Å²) >= 11 is 0. The summed E-state index contributed by atoms with van der Waals surface area (Å²) in [5.74, 6) is 0.958. The predicted molar refractivity (Wildman–Crippen MR) is 57.6 cm³/mol. The molecule has 1 aromatic heterocycles. The molecule has 0 spiro atoms. The topological polar surface area (TPSA) is 54.6 Å². The Morgan fingerprint density at radius 3 is 3.00 bits per heavy atom. The van der Waals surface area contributed by atoms with Crippen LogP contribution in [0.2, 0.25) is 0 Å². The standard InChI is InChI=1S/C11H19NO3/c1-2-10(11-4-3-7-15-11)12-5-8-14-9-6-13/h3-4,7,10,12-13H,2,5-6,8-9H2,1H3. The van der Waals surface area contributed by atoms with Gasteiger partial charge in [0, 0.05) is 6.54 Å². The van der Waals surface area contributed by atoms with Gasteiger partial charge in [0.15, 0.2) is 0 Å². The highest BCUT2D eigenvalue weighted by Crippen LogP contribution is 2.15. The Kier molecular flexibility index (Phi) is 6.08.